The molecule has 17 heavy (non-hydrogen) atoms. The number of nitrogens with one attached hydrogen (secondary N) is 2. The molecule has 0 aliphatic carbocycles. The lowest BCUT2D eigenvalue weighted by molar-refractivity contribution is 0.384. The molecular formula is C12H16N4O. The molecule has 0 radical (unpaired) electrons. The van der Waals surface area contributed by atoms with E-state index in [0.29, 0.717) is 5.88 Å². The monoisotopic (exact) mass is 232 g/mol. The molecule has 0 aliphatic heterocycles. The number of pyridine rings is 1. The number of aromatic amines is 1. The average Bonchev–Trinajstić information content (AvgIpc) is 2.89. The molecule has 2 heterocycles. The molecule has 5 heteroatoms. The molecule has 0 saturated carbocycles. The van der Waals surface area contributed by atoms with Crippen LogP contribution >= 0.6 is 0 Å². The topological polar surface area (TPSA) is 62.8 Å². The van der Waals surface area contributed by atoms with E-state index in [0.717, 1.165) is 17.8 Å². The summed E-state index contributed by atoms with van der Waals surface area (Å²) in [6.07, 6.45) is 6.07. The Labute approximate surface area is 100 Å². The quantitative estimate of drug-likeness (QED) is 0.816. The molecule has 90 valence electrons. The maximum atomic E-state index is 5.27. The third-order valence-electron chi connectivity index (χ3n) is 2.67. The van der Waals surface area contributed by atoms with Crippen LogP contribution in [0.4, 0.5) is 0 Å². The summed E-state index contributed by atoms with van der Waals surface area (Å²) < 4.78 is 5.27. The molecule has 0 bridgehead atoms. The van der Waals surface area contributed by atoms with Gasteiger partial charge in [0.2, 0.25) is 5.88 Å². The second kappa shape index (κ2) is 5.45. The molecular weight excluding hydrogens is 216 g/mol. The third kappa shape index (κ3) is 2.62. The van der Waals surface area contributed by atoms with E-state index in [9.17, 15) is 0 Å². The van der Waals surface area contributed by atoms with Crippen molar-refractivity contribution in [2.45, 2.75) is 12.5 Å². The van der Waals surface area contributed by atoms with Gasteiger partial charge >= 0.3 is 0 Å². The van der Waals surface area contributed by atoms with Gasteiger partial charge in [-0.15, -0.1) is 0 Å². The van der Waals surface area contributed by atoms with Gasteiger partial charge in [0.1, 0.15) is 5.82 Å². The van der Waals surface area contributed by atoms with Crippen LogP contribution in [0.2, 0.25) is 0 Å². The van der Waals surface area contributed by atoms with Crippen molar-refractivity contribution in [3.8, 4) is 5.88 Å². The highest BCUT2D eigenvalue weighted by molar-refractivity contribution is 5.29. The fraction of sp³-hybridized carbons (Fsp3) is 0.333. The fourth-order valence-corrected chi connectivity index (χ4v) is 1.81. The van der Waals surface area contributed by atoms with Crippen LogP contribution in [0.1, 0.15) is 17.4 Å². The van der Waals surface area contributed by atoms with Crippen LogP contribution in [0.15, 0.2) is 30.7 Å². The number of likely N-dealkylation sites (N-methyl/N-ethyl adjacent to an activating group) is 1. The average molecular weight is 232 g/mol. The first-order valence-corrected chi connectivity index (χ1v) is 5.49. The lowest BCUT2D eigenvalue weighted by Crippen LogP contribution is -2.20. The first-order valence-electron chi connectivity index (χ1n) is 5.49. The van der Waals surface area contributed by atoms with Gasteiger partial charge in [0.05, 0.1) is 7.11 Å². The molecule has 2 rings (SSSR count). The summed E-state index contributed by atoms with van der Waals surface area (Å²) in [5.41, 5.74) is 1.04. The van der Waals surface area contributed by atoms with Gasteiger partial charge in [-0.2, -0.15) is 0 Å². The van der Waals surface area contributed by atoms with Crippen molar-refractivity contribution in [3.63, 3.8) is 0 Å². The van der Waals surface area contributed by atoms with E-state index in [1.807, 2.05) is 25.4 Å². The van der Waals surface area contributed by atoms with Crippen LogP contribution in [-0.4, -0.2) is 29.1 Å². The predicted molar refractivity (Wildman–Crippen MR) is 64.9 cm³/mol. The highest BCUT2D eigenvalue weighted by atomic mass is 16.5. The molecule has 0 aromatic carbocycles. The number of hydrogen-bond donors (Lipinski definition) is 2. The maximum absolute atomic E-state index is 5.27. The number of ether oxygens (including phenoxy) is 1. The van der Waals surface area contributed by atoms with Crippen molar-refractivity contribution < 1.29 is 4.74 Å². The smallest absolute Gasteiger partial charge is 0.217 e. The van der Waals surface area contributed by atoms with Gasteiger partial charge in [0.25, 0.3) is 0 Å². The number of nitrogens with zero attached hydrogens (tertiary/aromatic N) is 2. The minimum Gasteiger partial charge on any atom is -0.481 e. The molecule has 0 amide bonds. The lowest BCUT2D eigenvalue weighted by Gasteiger charge is -2.17. The van der Waals surface area contributed by atoms with Gasteiger partial charge in [-0.1, -0.05) is 6.07 Å². The third-order valence-corrected chi connectivity index (χ3v) is 2.67. The summed E-state index contributed by atoms with van der Waals surface area (Å²) in [7, 11) is 3.55. The molecule has 0 saturated heterocycles. The maximum Gasteiger partial charge on any atom is 0.217 e. The van der Waals surface area contributed by atoms with Crippen LogP contribution in [-0.2, 0) is 6.42 Å². The van der Waals surface area contributed by atoms with E-state index < -0.39 is 0 Å². The zero-order chi connectivity index (χ0) is 12.1. The summed E-state index contributed by atoms with van der Waals surface area (Å²) in [5, 5.41) is 3.25. The van der Waals surface area contributed by atoms with Crippen LogP contribution in [0.3, 0.4) is 0 Å². The van der Waals surface area contributed by atoms with Gasteiger partial charge in [-0.05, 0) is 13.1 Å². The number of imidazole rings is 1. The molecule has 0 spiro atoms. The van der Waals surface area contributed by atoms with Gasteiger partial charge in [-0.3, -0.25) is 0 Å². The van der Waals surface area contributed by atoms with Crippen LogP contribution in [0.5, 0.6) is 5.88 Å². The zero-order valence-corrected chi connectivity index (χ0v) is 9.97. The van der Waals surface area contributed by atoms with Crippen molar-refractivity contribution in [2.75, 3.05) is 14.2 Å². The Kier molecular flexibility index (Phi) is 3.72. The molecule has 2 aromatic heterocycles. The first-order chi connectivity index (χ1) is 8.35. The predicted octanol–water partition coefficient (Wildman–Crippen LogP) is 1.32. The number of H-pyrrole nitrogens is 1. The second-order valence-corrected chi connectivity index (χ2v) is 3.68. The Balaban J connectivity index is 2.22. The largest absolute Gasteiger partial charge is 0.481 e. The standard InChI is InChI=1S/C12H16N4O/c1-13-10(8-11-14-6-7-15-11)9-4-3-5-16-12(9)17-2/h3-7,10,13H,8H2,1-2H3,(H,14,15). The van der Waals surface area contributed by atoms with Crippen molar-refractivity contribution in [1.29, 1.82) is 0 Å². The van der Waals surface area contributed by atoms with Crippen molar-refractivity contribution >= 4 is 0 Å². The number of aromatic nitrogens is 3. The normalized spacial score (nSPS) is 12.4. The fourth-order valence-electron chi connectivity index (χ4n) is 1.81. The van der Waals surface area contributed by atoms with Gasteiger partial charge < -0.3 is 15.0 Å². The van der Waals surface area contributed by atoms with E-state index in [-0.39, 0.29) is 6.04 Å². The highest BCUT2D eigenvalue weighted by Crippen LogP contribution is 2.24. The molecule has 5 nitrogen and oxygen atoms in total. The Morgan fingerprint density at radius 3 is 2.94 bits per heavy atom. The number of methoxy groups -OCH3 is 1. The van der Waals surface area contributed by atoms with E-state index in [4.69, 9.17) is 4.74 Å². The van der Waals surface area contributed by atoms with Crippen LogP contribution in [0, 0.1) is 0 Å². The van der Waals surface area contributed by atoms with E-state index in [2.05, 4.69) is 20.3 Å². The van der Waals surface area contributed by atoms with Crippen LogP contribution in [0.25, 0.3) is 0 Å². The van der Waals surface area contributed by atoms with Gasteiger partial charge in [-0.25, -0.2) is 9.97 Å². The van der Waals surface area contributed by atoms with Gasteiger partial charge in [0.15, 0.2) is 0 Å². The number of rotatable bonds is 5. The summed E-state index contributed by atoms with van der Waals surface area (Å²) >= 11 is 0. The van der Waals surface area contributed by atoms with Crippen molar-refractivity contribution in [1.82, 2.24) is 20.3 Å². The first kappa shape index (κ1) is 11.6. The summed E-state index contributed by atoms with van der Waals surface area (Å²) in [4.78, 5) is 11.5. The van der Waals surface area contributed by atoms with Crippen molar-refractivity contribution in [3.05, 3.63) is 42.1 Å². The van der Waals surface area contributed by atoms with E-state index in [1.165, 1.54) is 0 Å². The molecule has 2 aromatic rings. The molecule has 1 atom stereocenters. The molecule has 0 fully saturated rings. The Bertz CT molecular complexity index is 455. The summed E-state index contributed by atoms with van der Waals surface area (Å²) in [5.74, 6) is 1.59. The Morgan fingerprint density at radius 2 is 2.29 bits per heavy atom. The van der Waals surface area contributed by atoms with Gasteiger partial charge in [0, 0.05) is 36.6 Å². The Morgan fingerprint density at radius 1 is 1.41 bits per heavy atom. The SMILES string of the molecule is CNC(Cc1ncc[nH]1)c1cccnc1OC. The summed E-state index contributed by atoms with van der Waals surface area (Å²) in [6.45, 7) is 0. The van der Waals surface area contributed by atoms with Crippen molar-refractivity contribution in [2.24, 2.45) is 0 Å². The second-order valence-electron chi connectivity index (χ2n) is 3.68. The lowest BCUT2D eigenvalue weighted by atomic mass is 10.1. The van der Waals surface area contributed by atoms with E-state index >= 15 is 0 Å². The molecule has 1 unspecified atom stereocenters. The summed E-state index contributed by atoms with van der Waals surface area (Å²) in [6, 6.07) is 4.05. The van der Waals surface area contributed by atoms with E-state index in [1.54, 1.807) is 19.5 Å². The minimum atomic E-state index is 0.129. The zero-order valence-electron chi connectivity index (χ0n) is 9.97. The number of hydrogen-bond acceptors (Lipinski definition) is 4. The molecule has 0 aliphatic rings. The highest BCUT2D eigenvalue weighted by Gasteiger charge is 2.16. The molecule has 2 N–H and O–H groups in total. The van der Waals surface area contributed by atoms with Crippen LogP contribution < -0.4 is 10.1 Å². The Hall–Kier alpha value is -1.88. The minimum absolute atomic E-state index is 0.129.